The number of ether oxygens (including phenoxy) is 2. The highest BCUT2D eigenvalue weighted by molar-refractivity contribution is 5.84. The third-order valence-electron chi connectivity index (χ3n) is 11.4. The molecular weight excluding hydrogens is 643 g/mol. The van der Waals surface area contributed by atoms with Crippen LogP contribution in [-0.4, -0.2) is 44.5 Å². The van der Waals surface area contributed by atoms with Crippen LogP contribution in [0.25, 0.3) is 21.8 Å². The fourth-order valence-corrected chi connectivity index (χ4v) is 8.47. The van der Waals surface area contributed by atoms with Crippen molar-refractivity contribution in [2.24, 2.45) is 0 Å². The molecule has 1 aliphatic heterocycles. The molecule has 6 aromatic rings. The van der Waals surface area contributed by atoms with E-state index in [-0.39, 0.29) is 0 Å². The number of H-pyrrole nitrogens is 1. The second-order valence-electron chi connectivity index (χ2n) is 15.0. The van der Waals surface area contributed by atoms with E-state index in [4.69, 9.17) is 14.6 Å². The van der Waals surface area contributed by atoms with E-state index >= 15 is 0 Å². The number of aromatic nitrogens is 4. The van der Waals surface area contributed by atoms with Crippen molar-refractivity contribution in [1.29, 1.82) is 0 Å². The lowest BCUT2D eigenvalue weighted by Crippen LogP contribution is -2.32. The highest BCUT2D eigenvalue weighted by Gasteiger charge is 2.24. The largest absolute Gasteiger partial charge is 0.489 e. The lowest BCUT2D eigenvalue weighted by Gasteiger charge is -2.26. The molecule has 4 aromatic carbocycles. The molecule has 0 unspecified atom stereocenters. The minimum atomic E-state index is 0.590. The van der Waals surface area contributed by atoms with Crippen molar-refractivity contribution < 1.29 is 9.47 Å². The van der Waals surface area contributed by atoms with Gasteiger partial charge in [-0.05, 0) is 87.0 Å². The molecule has 3 aliphatic rings. The number of nitrogens with zero attached hydrogens (tertiary/aromatic N) is 4. The molecule has 3 heterocycles. The standard InChI is InChI=1S/C26H33N3O.C19H20N2O/c1-3-9-21(10-4-1)20-30-23-13-14-24-25(19-23)29(18-17-28-15-7-2-8-16-28)27-26(24)22-11-5-6-12-22;1-2-6-14(7-3-1)13-22-16-10-11-17-18(12-16)20-21-19(17)15-8-4-5-9-15/h1,3-4,9-10,13-14,19,22H,2,5-8,11-12,15-18,20H2;1-3,6-7,10-12,15H,4-5,8-9,13H2,(H,20,21). The summed E-state index contributed by atoms with van der Waals surface area (Å²) in [6.45, 7) is 5.72. The van der Waals surface area contributed by atoms with Crippen molar-refractivity contribution in [3.63, 3.8) is 0 Å². The van der Waals surface area contributed by atoms with E-state index in [0.717, 1.165) is 30.1 Å². The number of piperidine rings is 1. The predicted molar refractivity (Wildman–Crippen MR) is 210 cm³/mol. The van der Waals surface area contributed by atoms with Crippen LogP contribution >= 0.6 is 0 Å². The third kappa shape index (κ3) is 8.36. The fraction of sp³-hybridized carbons (Fsp3) is 0.422. The Labute approximate surface area is 308 Å². The predicted octanol–water partition coefficient (Wildman–Crippen LogP) is 10.6. The Balaban J connectivity index is 0.000000156. The second kappa shape index (κ2) is 16.8. The summed E-state index contributed by atoms with van der Waals surface area (Å²) in [5.41, 5.74) is 7.24. The van der Waals surface area contributed by atoms with Crippen LogP contribution in [0.1, 0.15) is 105 Å². The van der Waals surface area contributed by atoms with Crippen molar-refractivity contribution in [2.45, 2.75) is 102 Å². The zero-order chi connectivity index (χ0) is 35.0. The maximum absolute atomic E-state index is 6.13. The van der Waals surface area contributed by atoms with Crippen LogP contribution in [0.3, 0.4) is 0 Å². The lowest BCUT2D eigenvalue weighted by molar-refractivity contribution is 0.218. The van der Waals surface area contributed by atoms with Crippen molar-refractivity contribution in [3.8, 4) is 11.5 Å². The molecule has 2 aromatic heterocycles. The summed E-state index contributed by atoms with van der Waals surface area (Å²) in [6, 6.07) is 33.4. The van der Waals surface area contributed by atoms with Crippen LogP contribution in [0.2, 0.25) is 0 Å². The zero-order valence-electron chi connectivity index (χ0n) is 30.5. The number of rotatable bonds is 11. The first-order chi connectivity index (χ1) is 25.8. The maximum atomic E-state index is 6.13. The Hall–Kier alpha value is -4.62. The Morgan fingerprint density at radius 2 is 1.19 bits per heavy atom. The minimum absolute atomic E-state index is 0.590. The van der Waals surface area contributed by atoms with Crippen LogP contribution < -0.4 is 9.47 Å². The summed E-state index contributed by atoms with van der Waals surface area (Å²) in [5.74, 6) is 3.09. The maximum Gasteiger partial charge on any atom is 0.122 e. The topological polar surface area (TPSA) is 68.2 Å². The zero-order valence-corrected chi connectivity index (χ0v) is 30.5. The molecule has 1 saturated heterocycles. The highest BCUT2D eigenvalue weighted by Crippen LogP contribution is 2.39. The van der Waals surface area contributed by atoms with E-state index in [1.54, 1.807) is 0 Å². The average molecular weight is 696 g/mol. The Bertz CT molecular complexity index is 2000. The Morgan fingerprint density at radius 1 is 0.596 bits per heavy atom. The van der Waals surface area contributed by atoms with Gasteiger partial charge in [0.1, 0.15) is 24.7 Å². The number of aromatic amines is 1. The quantitative estimate of drug-likeness (QED) is 0.146. The van der Waals surface area contributed by atoms with E-state index in [0.29, 0.717) is 25.0 Å². The summed E-state index contributed by atoms with van der Waals surface area (Å²) >= 11 is 0. The van der Waals surface area contributed by atoms with E-state index < -0.39 is 0 Å². The van der Waals surface area contributed by atoms with Gasteiger partial charge in [-0.2, -0.15) is 10.2 Å². The smallest absolute Gasteiger partial charge is 0.122 e. The molecule has 0 spiro atoms. The Kier molecular flexibility index (Phi) is 11.1. The monoisotopic (exact) mass is 695 g/mol. The van der Waals surface area contributed by atoms with Gasteiger partial charge in [-0.25, -0.2) is 0 Å². The number of fused-ring (bicyclic) bond motifs is 2. The lowest BCUT2D eigenvalue weighted by atomic mass is 10.0. The summed E-state index contributed by atoms with van der Waals surface area (Å²) < 4.78 is 14.3. The summed E-state index contributed by atoms with van der Waals surface area (Å²) in [5, 5.41) is 15.5. The Morgan fingerprint density at radius 3 is 1.85 bits per heavy atom. The van der Waals surface area contributed by atoms with Crippen molar-refractivity contribution in [1.82, 2.24) is 24.9 Å². The first-order valence-electron chi connectivity index (χ1n) is 19.8. The molecule has 3 fully saturated rings. The molecule has 270 valence electrons. The number of hydrogen-bond donors (Lipinski definition) is 1. The van der Waals surface area contributed by atoms with Gasteiger partial charge >= 0.3 is 0 Å². The van der Waals surface area contributed by atoms with Crippen LogP contribution in [0.15, 0.2) is 97.1 Å². The van der Waals surface area contributed by atoms with Gasteiger partial charge in [0.15, 0.2) is 0 Å². The molecule has 7 nitrogen and oxygen atoms in total. The molecule has 0 atom stereocenters. The third-order valence-corrected chi connectivity index (χ3v) is 11.4. The summed E-state index contributed by atoms with van der Waals surface area (Å²) in [6.07, 6.45) is 14.5. The molecule has 1 N–H and O–H groups in total. The minimum Gasteiger partial charge on any atom is -0.489 e. The average Bonchev–Trinajstić information content (AvgIpc) is 4.04. The molecular formula is C45H53N5O2. The number of benzene rings is 4. The van der Waals surface area contributed by atoms with Crippen LogP contribution in [0.4, 0.5) is 0 Å². The number of hydrogen-bond acceptors (Lipinski definition) is 5. The van der Waals surface area contributed by atoms with Gasteiger partial charge in [-0.1, -0.05) is 92.8 Å². The molecule has 9 rings (SSSR count). The fourth-order valence-electron chi connectivity index (χ4n) is 8.47. The van der Waals surface area contributed by atoms with Crippen LogP contribution in [0, 0.1) is 0 Å². The van der Waals surface area contributed by atoms with Gasteiger partial charge in [0.25, 0.3) is 0 Å². The van der Waals surface area contributed by atoms with E-state index in [1.807, 2.05) is 30.3 Å². The first kappa shape index (κ1) is 34.5. The molecule has 2 saturated carbocycles. The number of likely N-dealkylation sites (tertiary alicyclic amines) is 1. The second-order valence-corrected chi connectivity index (χ2v) is 15.0. The molecule has 0 amide bonds. The molecule has 7 heteroatoms. The summed E-state index contributed by atoms with van der Waals surface area (Å²) in [7, 11) is 0. The van der Waals surface area contributed by atoms with Gasteiger partial charge < -0.3 is 14.4 Å². The molecule has 0 bridgehead atoms. The number of nitrogens with one attached hydrogen (secondary N) is 1. The first-order valence-corrected chi connectivity index (χ1v) is 19.8. The van der Waals surface area contributed by atoms with Gasteiger partial charge in [0.05, 0.1) is 23.3 Å². The van der Waals surface area contributed by atoms with E-state index in [9.17, 15) is 0 Å². The SMILES string of the molecule is c1ccc(COc2ccc3c(C4CCCC4)[nH]nc3c2)cc1.c1ccc(COc2ccc3c(C4CCCC4)nn(CCN4CCCCC4)c3c2)cc1. The van der Waals surface area contributed by atoms with E-state index in [2.05, 4.69) is 86.5 Å². The van der Waals surface area contributed by atoms with Gasteiger partial charge in [0, 0.05) is 47.0 Å². The van der Waals surface area contributed by atoms with E-state index in [1.165, 1.54) is 123 Å². The molecule has 2 aliphatic carbocycles. The normalized spacial score (nSPS) is 17.1. The van der Waals surface area contributed by atoms with Gasteiger partial charge in [-0.15, -0.1) is 0 Å². The van der Waals surface area contributed by atoms with Gasteiger partial charge in [0.2, 0.25) is 0 Å². The van der Waals surface area contributed by atoms with Crippen LogP contribution in [0.5, 0.6) is 11.5 Å². The van der Waals surface area contributed by atoms with Crippen molar-refractivity contribution >= 4 is 21.8 Å². The highest BCUT2D eigenvalue weighted by atomic mass is 16.5. The van der Waals surface area contributed by atoms with Crippen molar-refractivity contribution in [2.75, 3.05) is 19.6 Å². The molecule has 0 radical (unpaired) electrons. The van der Waals surface area contributed by atoms with Gasteiger partial charge in [-0.3, -0.25) is 9.78 Å². The molecule has 52 heavy (non-hydrogen) atoms. The van der Waals surface area contributed by atoms with Crippen molar-refractivity contribution in [3.05, 3.63) is 120 Å². The van der Waals surface area contributed by atoms with Crippen LogP contribution in [-0.2, 0) is 19.8 Å². The summed E-state index contributed by atoms with van der Waals surface area (Å²) in [4.78, 5) is 2.60.